The standard InChI is InChI=1S/C21H43NO6/c1-4-5-6-7-8-9-10-21(23)28-20-19-27-18-17-26-16-15-25-14-13-24-12-11-22(2)3/h4-20H2,1-3H3. The smallest absolute Gasteiger partial charge is 0.305 e. The van der Waals surface area contributed by atoms with Crippen molar-refractivity contribution in [1.82, 2.24) is 4.90 Å². The molecule has 0 aromatic heterocycles. The molecule has 0 N–H and O–H groups in total. The number of esters is 1. The summed E-state index contributed by atoms with van der Waals surface area (Å²) >= 11 is 0. The van der Waals surface area contributed by atoms with Crippen LogP contribution in [0.2, 0.25) is 0 Å². The Hall–Kier alpha value is -0.730. The van der Waals surface area contributed by atoms with Crippen molar-refractivity contribution >= 4 is 5.97 Å². The average molecular weight is 406 g/mol. The van der Waals surface area contributed by atoms with E-state index in [9.17, 15) is 4.79 Å². The van der Waals surface area contributed by atoms with Crippen molar-refractivity contribution < 1.29 is 28.5 Å². The van der Waals surface area contributed by atoms with E-state index in [1.807, 2.05) is 14.1 Å². The van der Waals surface area contributed by atoms with Crippen LogP contribution in [0.25, 0.3) is 0 Å². The molecule has 0 amide bonds. The van der Waals surface area contributed by atoms with E-state index in [-0.39, 0.29) is 5.97 Å². The summed E-state index contributed by atoms with van der Waals surface area (Å²) in [6, 6.07) is 0. The summed E-state index contributed by atoms with van der Waals surface area (Å²) in [5.41, 5.74) is 0. The predicted octanol–water partition coefficient (Wildman–Crippen LogP) is 2.91. The van der Waals surface area contributed by atoms with Crippen molar-refractivity contribution in [2.75, 3.05) is 80.1 Å². The molecule has 0 unspecified atom stereocenters. The van der Waals surface area contributed by atoms with Crippen molar-refractivity contribution in [2.24, 2.45) is 0 Å². The van der Waals surface area contributed by atoms with Crippen LogP contribution in [0, 0.1) is 0 Å². The van der Waals surface area contributed by atoms with E-state index >= 15 is 0 Å². The third-order valence-electron chi connectivity index (χ3n) is 4.02. The summed E-state index contributed by atoms with van der Waals surface area (Å²) in [4.78, 5) is 13.6. The average Bonchev–Trinajstić information content (AvgIpc) is 2.67. The number of ether oxygens (including phenoxy) is 5. The molecule has 0 heterocycles. The Balaban J connectivity index is 3.12. The van der Waals surface area contributed by atoms with Crippen molar-refractivity contribution in [3.63, 3.8) is 0 Å². The lowest BCUT2D eigenvalue weighted by molar-refractivity contribution is -0.145. The molecule has 0 aliphatic carbocycles. The lowest BCUT2D eigenvalue weighted by Crippen LogP contribution is -2.19. The Kier molecular flexibility index (Phi) is 22.0. The van der Waals surface area contributed by atoms with Gasteiger partial charge in [-0.2, -0.15) is 0 Å². The molecular weight excluding hydrogens is 362 g/mol. The fourth-order valence-electron chi connectivity index (χ4n) is 2.35. The third kappa shape index (κ3) is 23.3. The van der Waals surface area contributed by atoms with E-state index in [1.165, 1.54) is 25.7 Å². The summed E-state index contributed by atoms with van der Waals surface area (Å²) in [7, 11) is 4.04. The van der Waals surface area contributed by atoms with Crippen LogP contribution in [0.1, 0.15) is 51.9 Å². The Bertz CT molecular complexity index is 328. The minimum absolute atomic E-state index is 0.127. The van der Waals surface area contributed by atoms with Gasteiger partial charge in [0.2, 0.25) is 0 Å². The molecule has 0 saturated heterocycles. The summed E-state index contributed by atoms with van der Waals surface area (Å²) in [5, 5.41) is 0. The quantitative estimate of drug-likeness (QED) is 0.203. The van der Waals surface area contributed by atoms with Crippen LogP contribution in [0.4, 0.5) is 0 Å². The van der Waals surface area contributed by atoms with Gasteiger partial charge in [0.05, 0.1) is 52.9 Å². The van der Waals surface area contributed by atoms with Gasteiger partial charge in [0.25, 0.3) is 0 Å². The van der Waals surface area contributed by atoms with Crippen molar-refractivity contribution in [1.29, 1.82) is 0 Å². The van der Waals surface area contributed by atoms with Gasteiger partial charge >= 0.3 is 5.97 Å². The zero-order valence-electron chi connectivity index (χ0n) is 18.4. The van der Waals surface area contributed by atoms with Crippen LogP contribution in [-0.2, 0) is 28.5 Å². The second-order valence-electron chi connectivity index (χ2n) is 6.99. The van der Waals surface area contributed by atoms with Gasteiger partial charge in [0.1, 0.15) is 6.61 Å². The highest BCUT2D eigenvalue weighted by Gasteiger charge is 2.02. The van der Waals surface area contributed by atoms with Gasteiger partial charge in [-0.1, -0.05) is 39.0 Å². The second-order valence-corrected chi connectivity index (χ2v) is 6.99. The van der Waals surface area contributed by atoms with E-state index in [4.69, 9.17) is 23.7 Å². The van der Waals surface area contributed by atoms with Crippen LogP contribution in [0.15, 0.2) is 0 Å². The normalized spacial score (nSPS) is 11.3. The molecule has 0 radical (unpaired) electrons. The molecule has 0 bridgehead atoms. The predicted molar refractivity (Wildman–Crippen MR) is 111 cm³/mol. The van der Waals surface area contributed by atoms with Crippen molar-refractivity contribution in [2.45, 2.75) is 51.9 Å². The van der Waals surface area contributed by atoms with Gasteiger partial charge in [-0.05, 0) is 20.5 Å². The van der Waals surface area contributed by atoms with Crippen LogP contribution in [0.3, 0.4) is 0 Å². The van der Waals surface area contributed by atoms with E-state index in [1.54, 1.807) is 0 Å². The molecule has 0 fully saturated rings. The van der Waals surface area contributed by atoms with Gasteiger partial charge in [0.15, 0.2) is 0 Å². The monoisotopic (exact) mass is 405 g/mol. The number of carbonyl (C=O) groups excluding carboxylic acids is 1. The lowest BCUT2D eigenvalue weighted by atomic mass is 10.1. The first kappa shape index (κ1) is 27.3. The zero-order valence-corrected chi connectivity index (χ0v) is 18.4. The van der Waals surface area contributed by atoms with Crippen LogP contribution < -0.4 is 0 Å². The molecule has 28 heavy (non-hydrogen) atoms. The number of hydrogen-bond donors (Lipinski definition) is 0. The lowest BCUT2D eigenvalue weighted by Gasteiger charge is -2.10. The molecule has 0 aromatic rings. The highest BCUT2D eigenvalue weighted by atomic mass is 16.6. The molecule has 0 saturated carbocycles. The van der Waals surface area contributed by atoms with Gasteiger partial charge in [0, 0.05) is 13.0 Å². The second kappa shape index (κ2) is 22.6. The minimum atomic E-state index is -0.127. The fraction of sp³-hybridized carbons (Fsp3) is 0.952. The maximum absolute atomic E-state index is 11.6. The minimum Gasteiger partial charge on any atom is -0.463 e. The topological polar surface area (TPSA) is 66.5 Å². The van der Waals surface area contributed by atoms with Gasteiger partial charge < -0.3 is 28.6 Å². The molecule has 0 aliphatic heterocycles. The van der Waals surface area contributed by atoms with E-state index in [0.29, 0.717) is 59.3 Å². The number of hydrogen-bond acceptors (Lipinski definition) is 7. The maximum atomic E-state index is 11.6. The first-order valence-electron chi connectivity index (χ1n) is 10.8. The molecule has 7 nitrogen and oxygen atoms in total. The van der Waals surface area contributed by atoms with E-state index in [2.05, 4.69) is 11.8 Å². The number of likely N-dealkylation sites (N-methyl/N-ethyl adjacent to an activating group) is 1. The van der Waals surface area contributed by atoms with Crippen LogP contribution >= 0.6 is 0 Å². The van der Waals surface area contributed by atoms with Gasteiger partial charge in [-0.3, -0.25) is 4.79 Å². The number of rotatable bonds is 22. The summed E-state index contributed by atoms with van der Waals surface area (Å²) in [6.45, 7) is 7.83. The van der Waals surface area contributed by atoms with Gasteiger partial charge in [-0.15, -0.1) is 0 Å². The Morgan fingerprint density at radius 2 is 1.11 bits per heavy atom. The Labute approximate surface area is 172 Å². The maximum Gasteiger partial charge on any atom is 0.305 e. The molecule has 0 aliphatic rings. The SMILES string of the molecule is CCCCCCCCC(=O)OCCOCCOCCOCCOCCN(C)C. The first-order chi connectivity index (χ1) is 13.7. The summed E-state index contributed by atoms with van der Waals surface area (Å²) in [5.74, 6) is -0.127. The molecular formula is C21H43NO6. The van der Waals surface area contributed by atoms with Crippen LogP contribution in [-0.4, -0.2) is 91.0 Å². The molecule has 168 valence electrons. The van der Waals surface area contributed by atoms with Gasteiger partial charge in [-0.25, -0.2) is 0 Å². The number of nitrogens with zero attached hydrogens (tertiary/aromatic N) is 1. The van der Waals surface area contributed by atoms with E-state index < -0.39 is 0 Å². The zero-order chi connectivity index (χ0) is 20.7. The van der Waals surface area contributed by atoms with Crippen molar-refractivity contribution in [3.8, 4) is 0 Å². The third-order valence-corrected chi connectivity index (χ3v) is 4.02. The Morgan fingerprint density at radius 3 is 1.64 bits per heavy atom. The first-order valence-corrected chi connectivity index (χ1v) is 10.8. The fourth-order valence-corrected chi connectivity index (χ4v) is 2.35. The molecule has 0 atom stereocenters. The largest absolute Gasteiger partial charge is 0.463 e. The molecule has 7 heteroatoms. The highest BCUT2D eigenvalue weighted by Crippen LogP contribution is 2.07. The summed E-state index contributed by atoms with van der Waals surface area (Å²) in [6.07, 6.45) is 7.53. The highest BCUT2D eigenvalue weighted by molar-refractivity contribution is 5.69. The number of carbonyl (C=O) groups is 1. The molecule has 0 spiro atoms. The van der Waals surface area contributed by atoms with E-state index in [0.717, 1.165) is 26.0 Å². The van der Waals surface area contributed by atoms with Crippen molar-refractivity contribution in [3.05, 3.63) is 0 Å². The molecule has 0 aromatic carbocycles. The Morgan fingerprint density at radius 1 is 0.643 bits per heavy atom. The summed E-state index contributed by atoms with van der Waals surface area (Å²) < 4.78 is 26.8. The van der Waals surface area contributed by atoms with Crippen LogP contribution in [0.5, 0.6) is 0 Å². The number of unbranched alkanes of at least 4 members (excludes halogenated alkanes) is 5. The molecule has 0 rings (SSSR count).